The molecule has 0 spiro atoms. The average Bonchev–Trinajstić information content (AvgIpc) is 1.88. The minimum absolute atomic E-state index is 0.539. The van der Waals surface area contributed by atoms with Crippen LogP contribution in [0.5, 0.6) is 0 Å². The first-order chi connectivity index (χ1) is 4.72. The van der Waals surface area contributed by atoms with Crippen LogP contribution in [0.2, 0.25) is 0 Å². The number of carboxylic acids is 1. The number of nitrogens with zero attached hydrogens (tertiary/aromatic N) is 2. The van der Waals surface area contributed by atoms with Gasteiger partial charge in [-0.2, -0.15) is 10.2 Å². The molecule has 0 aliphatic carbocycles. The molecule has 1 atom stereocenters. The van der Waals surface area contributed by atoms with E-state index >= 15 is 0 Å². The molecule has 0 saturated heterocycles. The van der Waals surface area contributed by atoms with E-state index < -0.39 is 17.8 Å². The molecule has 0 fully saturated rings. The van der Waals surface area contributed by atoms with E-state index in [2.05, 4.69) is 10.2 Å². The number of azo groups is 1. The van der Waals surface area contributed by atoms with Crippen LogP contribution in [-0.2, 0) is 9.59 Å². The van der Waals surface area contributed by atoms with E-state index in [0.717, 1.165) is 6.08 Å². The Morgan fingerprint density at radius 2 is 2.40 bits per heavy atom. The molecule has 1 N–H and O–H groups in total. The highest BCUT2D eigenvalue weighted by Crippen LogP contribution is 2.02. The van der Waals surface area contributed by atoms with Gasteiger partial charge in [-0.25, -0.2) is 4.79 Å². The van der Waals surface area contributed by atoms with Crippen molar-refractivity contribution in [2.45, 2.75) is 6.04 Å². The van der Waals surface area contributed by atoms with Crippen LogP contribution in [0.25, 0.3) is 0 Å². The molecule has 0 saturated carbocycles. The van der Waals surface area contributed by atoms with Gasteiger partial charge in [-0.05, 0) is 0 Å². The second-order valence-corrected chi connectivity index (χ2v) is 1.69. The van der Waals surface area contributed by atoms with Crippen molar-refractivity contribution in [3.05, 3.63) is 12.3 Å². The van der Waals surface area contributed by atoms with Crippen LogP contribution in [-0.4, -0.2) is 22.9 Å². The first kappa shape index (κ1) is 6.60. The summed E-state index contributed by atoms with van der Waals surface area (Å²) < 4.78 is 0. The van der Waals surface area contributed by atoms with Gasteiger partial charge in [0.2, 0.25) is 6.04 Å². The molecule has 1 aliphatic heterocycles. The third-order valence-corrected chi connectivity index (χ3v) is 0.991. The predicted octanol–water partition coefficient (Wildman–Crippen LogP) is -0.0118. The number of ketones is 1. The summed E-state index contributed by atoms with van der Waals surface area (Å²) in [7, 11) is 0. The number of aliphatic carboxylic acids is 1. The van der Waals surface area contributed by atoms with E-state index in [-0.39, 0.29) is 0 Å². The maximum absolute atomic E-state index is 10.6. The summed E-state index contributed by atoms with van der Waals surface area (Å²) in [6.45, 7) is 0. The lowest BCUT2D eigenvalue weighted by atomic mass is 10.2. The summed E-state index contributed by atoms with van der Waals surface area (Å²) in [6.07, 6.45) is 2.26. The van der Waals surface area contributed by atoms with Crippen molar-refractivity contribution < 1.29 is 14.7 Å². The van der Waals surface area contributed by atoms with E-state index in [1.165, 1.54) is 6.20 Å². The number of rotatable bonds is 1. The summed E-state index contributed by atoms with van der Waals surface area (Å²) in [5, 5.41) is 14.8. The van der Waals surface area contributed by atoms with Crippen molar-refractivity contribution >= 4 is 11.8 Å². The number of hydrogen-bond donors (Lipinski definition) is 1. The quantitative estimate of drug-likeness (QED) is 0.520. The maximum atomic E-state index is 10.6. The third kappa shape index (κ3) is 1.07. The zero-order valence-corrected chi connectivity index (χ0v) is 4.89. The van der Waals surface area contributed by atoms with Crippen molar-refractivity contribution in [2.24, 2.45) is 10.2 Å². The SMILES string of the molecule is O=C(O)C1N=NC=CC1=O. The Labute approximate surface area is 56.1 Å². The number of carboxylic acid groups (broad SMARTS) is 1. The van der Waals surface area contributed by atoms with Crippen LogP contribution in [0.15, 0.2) is 22.5 Å². The van der Waals surface area contributed by atoms with Gasteiger partial charge < -0.3 is 5.11 Å². The van der Waals surface area contributed by atoms with Gasteiger partial charge in [-0.3, -0.25) is 4.79 Å². The summed E-state index contributed by atoms with van der Waals surface area (Å²) in [5.74, 6) is -1.80. The van der Waals surface area contributed by atoms with Crippen molar-refractivity contribution in [1.82, 2.24) is 0 Å². The summed E-state index contributed by atoms with van der Waals surface area (Å²) in [5.41, 5.74) is 0. The molecule has 1 unspecified atom stereocenters. The highest BCUT2D eigenvalue weighted by molar-refractivity contribution is 6.08. The van der Waals surface area contributed by atoms with E-state index in [4.69, 9.17) is 5.11 Å². The molecule has 0 amide bonds. The fraction of sp³-hybridized carbons (Fsp3) is 0.200. The Morgan fingerprint density at radius 1 is 1.70 bits per heavy atom. The van der Waals surface area contributed by atoms with Gasteiger partial charge in [0.25, 0.3) is 0 Å². The number of carbonyl (C=O) groups excluding carboxylic acids is 1. The molecule has 10 heavy (non-hydrogen) atoms. The fourth-order valence-electron chi connectivity index (χ4n) is 0.531. The molecule has 52 valence electrons. The van der Waals surface area contributed by atoms with Crippen LogP contribution in [0.3, 0.4) is 0 Å². The molecule has 1 heterocycles. The lowest BCUT2D eigenvalue weighted by Crippen LogP contribution is -2.27. The number of carbonyl (C=O) groups is 2. The zero-order valence-electron chi connectivity index (χ0n) is 4.89. The van der Waals surface area contributed by atoms with Crippen molar-refractivity contribution in [3.63, 3.8) is 0 Å². The largest absolute Gasteiger partial charge is 0.479 e. The Kier molecular flexibility index (Phi) is 1.57. The minimum atomic E-state index is -1.33. The smallest absolute Gasteiger partial charge is 0.338 e. The van der Waals surface area contributed by atoms with Crippen LogP contribution >= 0.6 is 0 Å². The van der Waals surface area contributed by atoms with Gasteiger partial charge in [0.1, 0.15) is 0 Å². The molecule has 1 aliphatic rings. The van der Waals surface area contributed by atoms with Crippen molar-refractivity contribution in [2.75, 3.05) is 0 Å². The Hall–Kier alpha value is -1.52. The molecule has 0 aromatic carbocycles. The standard InChI is InChI=1S/C5H4N2O3/c8-3-1-2-6-7-4(3)5(9)10/h1-2,4H,(H,9,10). The predicted molar refractivity (Wildman–Crippen MR) is 30.4 cm³/mol. The van der Waals surface area contributed by atoms with Gasteiger partial charge in [0.15, 0.2) is 5.78 Å². The van der Waals surface area contributed by atoms with Gasteiger partial charge in [-0.15, -0.1) is 0 Å². The summed E-state index contributed by atoms with van der Waals surface area (Å²) in [6, 6.07) is -1.33. The minimum Gasteiger partial charge on any atom is -0.479 e. The topological polar surface area (TPSA) is 79.1 Å². The molecule has 0 aromatic heterocycles. The molecule has 1 rings (SSSR count). The highest BCUT2D eigenvalue weighted by atomic mass is 16.4. The average molecular weight is 140 g/mol. The molecule has 0 bridgehead atoms. The molecular formula is C5H4N2O3. The van der Waals surface area contributed by atoms with Gasteiger partial charge in [-0.1, -0.05) is 0 Å². The Bertz CT molecular complexity index is 231. The molecular weight excluding hydrogens is 136 g/mol. The highest BCUT2D eigenvalue weighted by Gasteiger charge is 2.24. The Balaban J connectivity index is 2.80. The normalized spacial score (nSPS) is 23.2. The van der Waals surface area contributed by atoms with Gasteiger partial charge in [0.05, 0.1) is 6.20 Å². The fourth-order valence-corrected chi connectivity index (χ4v) is 0.531. The molecule has 5 heteroatoms. The summed E-state index contributed by atoms with van der Waals surface area (Å²) in [4.78, 5) is 20.8. The Morgan fingerprint density at radius 3 is 2.80 bits per heavy atom. The van der Waals surface area contributed by atoms with E-state index in [1.807, 2.05) is 0 Å². The van der Waals surface area contributed by atoms with Crippen LogP contribution in [0, 0.1) is 0 Å². The molecule has 5 nitrogen and oxygen atoms in total. The monoisotopic (exact) mass is 140 g/mol. The van der Waals surface area contributed by atoms with Crippen LogP contribution < -0.4 is 0 Å². The second-order valence-electron chi connectivity index (χ2n) is 1.69. The summed E-state index contributed by atoms with van der Waals surface area (Å²) >= 11 is 0. The molecule has 0 aromatic rings. The third-order valence-electron chi connectivity index (χ3n) is 0.991. The van der Waals surface area contributed by atoms with Gasteiger partial charge >= 0.3 is 5.97 Å². The van der Waals surface area contributed by atoms with Crippen LogP contribution in [0.1, 0.15) is 0 Å². The second kappa shape index (κ2) is 2.38. The first-order valence-corrected chi connectivity index (χ1v) is 2.55. The van der Waals surface area contributed by atoms with Gasteiger partial charge in [0, 0.05) is 6.08 Å². The lowest BCUT2D eigenvalue weighted by Gasteiger charge is -2.02. The van der Waals surface area contributed by atoms with Crippen LogP contribution in [0.4, 0.5) is 0 Å². The first-order valence-electron chi connectivity index (χ1n) is 2.55. The zero-order chi connectivity index (χ0) is 7.56. The van der Waals surface area contributed by atoms with Crippen molar-refractivity contribution in [1.29, 1.82) is 0 Å². The lowest BCUT2D eigenvalue weighted by molar-refractivity contribution is -0.141. The number of hydrogen-bond acceptors (Lipinski definition) is 4. The van der Waals surface area contributed by atoms with Crippen molar-refractivity contribution in [3.8, 4) is 0 Å². The van der Waals surface area contributed by atoms with E-state index in [0.29, 0.717) is 0 Å². The molecule has 0 radical (unpaired) electrons. The van der Waals surface area contributed by atoms with E-state index in [9.17, 15) is 9.59 Å². The maximum Gasteiger partial charge on any atom is 0.338 e. The van der Waals surface area contributed by atoms with E-state index in [1.54, 1.807) is 0 Å².